The second kappa shape index (κ2) is 5.84. The lowest BCUT2D eigenvalue weighted by Crippen LogP contribution is -1.89. The molecule has 0 unspecified atom stereocenters. The summed E-state index contributed by atoms with van der Waals surface area (Å²) in [5, 5.41) is 4.10. The normalized spacial score (nSPS) is 11.6. The molecule has 0 fully saturated rings. The maximum absolute atomic E-state index is 4.36. The van der Waals surface area contributed by atoms with Crippen molar-refractivity contribution < 1.29 is 0 Å². The Balaban J connectivity index is 1.61. The summed E-state index contributed by atoms with van der Waals surface area (Å²) in [6, 6.07) is 17.9. The summed E-state index contributed by atoms with van der Waals surface area (Å²) in [6.07, 6.45) is 5.56. The third kappa shape index (κ3) is 2.92. The van der Waals surface area contributed by atoms with Crippen LogP contribution in [0.25, 0.3) is 17.1 Å². The van der Waals surface area contributed by atoms with E-state index in [2.05, 4.69) is 20.5 Å². The summed E-state index contributed by atoms with van der Waals surface area (Å²) in [5.41, 5.74) is 5.93. The van der Waals surface area contributed by atoms with Gasteiger partial charge >= 0.3 is 0 Å². The number of fused-ring (bicyclic) bond motifs is 1. The number of hydrogen-bond acceptors (Lipinski definition) is 3. The first-order chi connectivity index (χ1) is 9.92. The lowest BCUT2D eigenvalue weighted by atomic mass is 10.2. The van der Waals surface area contributed by atoms with Crippen molar-refractivity contribution in [2.75, 3.05) is 5.43 Å². The molecular weight excluding hydrogens is 248 g/mol. The second-order valence-corrected chi connectivity index (χ2v) is 4.26. The van der Waals surface area contributed by atoms with E-state index in [1.807, 2.05) is 66.7 Å². The molecule has 98 valence electrons. The van der Waals surface area contributed by atoms with Gasteiger partial charge in [-0.25, -0.2) is 10.4 Å². The molecule has 3 rings (SSSR count). The van der Waals surface area contributed by atoms with Crippen LogP contribution in [0.4, 0.5) is 5.95 Å². The smallest absolute Gasteiger partial charge is 0.222 e. The zero-order chi connectivity index (χ0) is 13.6. The van der Waals surface area contributed by atoms with Crippen molar-refractivity contribution in [3.63, 3.8) is 0 Å². The first-order valence-corrected chi connectivity index (χ1v) is 6.37. The Morgan fingerprint density at radius 3 is 2.65 bits per heavy atom. The van der Waals surface area contributed by atoms with E-state index in [0.29, 0.717) is 5.95 Å². The highest BCUT2D eigenvalue weighted by atomic mass is 15.3. The lowest BCUT2D eigenvalue weighted by Gasteiger charge is -1.91. The highest BCUT2D eigenvalue weighted by Gasteiger charge is 1.98. The molecule has 0 saturated heterocycles. The van der Waals surface area contributed by atoms with Crippen molar-refractivity contribution in [3.05, 3.63) is 66.2 Å². The quantitative estimate of drug-likeness (QED) is 0.556. The monoisotopic (exact) mass is 262 g/mol. The van der Waals surface area contributed by atoms with Crippen LogP contribution in [-0.2, 0) is 0 Å². The van der Waals surface area contributed by atoms with Gasteiger partial charge in [0.1, 0.15) is 0 Å². The first kappa shape index (κ1) is 12.2. The SMILES string of the molecule is C(/C=C/c1ccccc1)=NNc1nc2ccccc2[nH]1. The summed E-state index contributed by atoms with van der Waals surface area (Å²) in [6.45, 7) is 0. The number of nitrogens with one attached hydrogen (secondary N) is 2. The summed E-state index contributed by atoms with van der Waals surface area (Å²) in [5.74, 6) is 0.635. The number of allylic oxidation sites excluding steroid dienone is 1. The van der Waals surface area contributed by atoms with Crippen molar-refractivity contribution in [1.29, 1.82) is 0 Å². The number of hydrogen-bond donors (Lipinski definition) is 2. The Morgan fingerprint density at radius 1 is 1.00 bits per heavy atom. The van der Waals surface area contributed by atoms with E-state index in [1.165, 1.54) is 0 Å². The number of anilines is 1. The van der Waals surface area contributed by atoms with Gasteiger partial charge in [0, 0.05) is 6.21 Å². The van der Waals surface area contributed by atoms with Crippen LogP contribution in [0.1, 0.15) is 5.56 Å². The van der Waals surface area contributed by atoms with Gasteiger partial charge in [-0.05, 0) is 23.8 Å². The number of hydrazone groups is 1. The molecule has 0 spiro atoms. The Labute approximate surface area is 116 Å². The average molecular weight is 262 g/mol. The molecule has 2 N–H and O–H groups in total. The Bertz CT molecular complexity index is 708. The van der Waals surface area contributed by atoms with E-state index in [-0.39, 0.29) is 0 Å². The number of nitrogens with zero attached hydrogens (tertiary/aromatic N) is 2. The minimum Gasteiger partial charge on any atom is -0.323 e. The highest BCUT2D eigenvalue weighted by molar-refractivity contribution is 5.80. The summed E-state index contributed by atoms with van der Waals surface area (Å²) in [7, 11) is 0. The molecule has 0 aliphatic carbocycles. The molecule has 0 atom stereocenters. The first-order valence-electron chi connectivity index (χ1n) is 6.37. The van der Waals surface area contributed by atoms with Gasteiger partial charge in [-0.15, -0.1) is 0 Å². The number of H-pyrrole nitrogens is 1. The minimum atomic E-state index is 0.635. The van der Waals surface area contributed by atoms with Crippen molar-refractivity contribution in [2.45, 2.75) is 0 Å². The molecule has 1 aromatic heterocycles. The fourth-order valence-electron chi connectivity index (χ4n) is 1.87. The van der Waals surface area contributed by atoms with Crippen LogP contribution in [0.3, 0.4) is 0 Å². The third-order valence-electron chi connectivity index (χ3n) is 2.81. The van der Waals surface area contributed by atoms with E-state index < -0.39 is 0 Å². The third-order valence-corrected chi connectivity index (χ3v) is 2.81. The highest BCUT2D eigenvalue weighted by Crippen LogP contribution is 2.12. The van der Waals surface area contributed by atoms with Crippen molar-refractivity contribution in [1.82, 2.24) is 9.97 Å². The molecule has 4 nitrogen and oxygen atoms in total. The largest absolute Gasteiger partial charge is 0.323 e. The topological polar surface area (TPSA) is 53.1 Å². The number of imidazole rings is 1. The van der Waals surface area contributed by atoms with Gasteiger partial charge in [0.05, 0.1) is 11.0 Å². The van der Waals surface area contributed by atoms with E-state index in [0.717, 1.165) is 16.6 Å². The minimum absolute atomic E-state index is 0.635. The molecule has 0 aliphatic heterocycles. The van der Waals surface area contributed by atoms with E-state index in [1.54, 1.807) is 6.21 Å². The van der Waals surface area contributed by atoms with E-state index >= 15 is 0 Å². The van der Waals surface area contributed by atoms with Crippen LogP contribution >= 0.6 is 0 Å². The predicted molar refractivity (Wildman–Crippen MR) is 83.7 cm³/mol. The number of benzene rings is 2. The lowest BCUT2D eigenvalue weighted by molar-refractivity contribution is 1.22. The molecule has 0 bridgehead atoms. The zero-order valence-electron chi connectivity index (χ0n) is 10.8. The molecule has 0 saturated carbocycles. The average Bonchev–Trinajstić information content (AvgIpc) is 2.90. The van der Waals surface area contributed by atoms with E-state index in [9.17, 15) is 0 Å². The molecule has 2 aromatic carbocycles. The molecule has 0 aliphatic rings. The molecule has 4 heteroatoms. The summed E-state index contributed by atoms with van der Waals surface area (Å²) in [4.78, 5) is 7.51. The van der Waals surface area contributed by atoms with Crippen LogP contribution < -0.4 is 5.43 Å². The summed E-state index contributed by atoms with van der Waals surface area (Å²) < 4.78 is 0. The van der Waals surface area contributed by atoms with Gasteiger partial charge in [-0.3, -0.25) is 0 Å². The van der Waals surface area contributed by atoms with Gasteiger partial charge in [-0.2, -0.15) is 5.10 Å². The number of aromatic nitrogens is 2. The molecule has 20 heavy (non-hydrogen) atoms. The molecule has 3 aromatic rings. The Hall–Kier alpha value is -2.88. The summed E-state index contributed by atoms with van der Waals surface area (Å²) >= 11 is 0. The van der Waals surface area contributed by atoms with Crippen molar-refractivity contribution in [3.8, 4) is 0 Å². The van der Waals surface area contributed by atoms with Gasteiger partial charge < -0.3 is 4.98 Å². The molecule has 1 heterocycles. The van der Waals surface area contributed by atoms with E-state index in [4.69, 9.17) is 0 Å². The van der Waals surface area contributed by atoms with Gasteiger partial charge in [-0.1, -0.05) is 48.5 Å². The van der Waals surface area contributed by atoms with Crippen LogP contribution in [-0.4, -0.2) is 16.2 Å². The van der Waals surface area contributed by atoms with Crippen LogP contribution in [0, 0.1) is 0 Å². The molecular formula is C16H14N4. The predicted octanol–water partition coefficient (Wildman–Crippen LogP) is 3.67. The second-order valence-electron chi connectivity index (χ2n) is 4.26. The zero-order valence-corrected chi connectivity index (χ0v) is 10.8. The van der Waals surface area contributed by atoms with Gasteiger partial charge in [0.25, 0.3) is 0 Å². The van der Waals surface area contributed by atoms with Gasteiger partial charge in [0.2, 0.25) is 5.95 Å². The molecule has 0 amide bonds. The van der Waals surface area contributed by atoms with Crippen LogP contribution in [0.15, 0.2) is 65.8 Å². The number of aromatic amines is 1. The van der Waals surface area contributed by atoms with Crippen molar-refractivity contribution >= 4 is 29.3 Å². The van der Waals surface area contributed by atoms with Crippen molar-refractivity contribution in [2.24, 2.45) is 5.10 Å². The van der Waals surface area contributed by atoms with Crippen LogP contribution in [0.2, 0.25) is 0 Å². The standard InChI is InChI=1S/C16H14N4/c1-2-7-13(8-3-1)9-6-12-17-20-16-18-14-10-4-5-11-15(14)19-16/h1-12H,(H2,18,19,20)/b9-6+,17-12?. The number of para-hydroxylation sites is 2. The molecule has 0 radical (unpaired) electrons. The fourth-order valence-corrected chi connectivity index (χ4v) is 1.87. The van der Waals surface area contributed by atoms with Crippen LogP contribution in [0.5, 0.6) is 0 Å². The maximum atomic E-state index is 4.36. The number of rotatable bonds is 4. The Morgan fingerprint density at radius 2 is 1.80 bits per heavy atom. The maximum Gasteiger partial charge on any atom is 0.222 e. The Kier molecular flexibility index (Phi) is 3.55. The fraction of sp³-hybridized carbons (Fsp3) is 0. The van der Waals surface area contributed by atoms with Gasteiger partial charge in [0.15, 0.2) is 0 Å².